The fourth-order valence-electron chi connectivity index (χ4n) is 2.43. The van der Waals surface area contributed by atoms with Gasteiger partial charge >= 0.3 is 0 Å². The van der Waals surface area contributed by atoms with E-state index in [1.54, 1.807) is 0 Å². The van der Waals surface area contributed by atoms with Crippen LogP contribution in [0.15, 0.2) is 46.2 Å². The Labute approximate surface area is 139 Å². The molecule has 10 heteroatoms. The minimum Gasteiger partial charge on any atom is -0.399 e. The van der Waals surface area contributed by atoms with Gasteiger partial charge in [-0.05, 0) is 35.4 Å². The summed E-state index contributed by atoms with van der Waals surface area (Å²) in [7, 11) is -9.16. The molecule has 2 aromatic rings. The molecule has 6 N–H and O–H groups in total. The van der Waals surface area contributed by atoms with Crippen molar-refractivity contribution < 1.29 is 25.9 Å². The largest absolute Gasteiger partial charge is 0.399 e. The van der Waals surface area contributed by atoms with E-state index >= 15 is 0 Å². The fourth-order valence-corrected chi connectivity index (χ4v) is 4.09. The topological polar surface area (TPSA) is 161 Å². The lowest BCUT2D eigenvalue weighted by Crippen LogP contribution is -2.11. The van der Waals surface area contributed by atoms with Crippen LogP contribution < -0.4 is 11.5 Å². The van der Waals surface area contributed by atoms with Crippen LogP contribution in [0.3, 0.4) is 0 Å². The zero-order valence-electron chi connectivity index (χ0n) is 12.5. The zero-order chi connectivity index (χ0) is 18.3. The number of nitrogen functional groups attached to an aromatic ring is 2. The van der Waals surface area contributed by atoms with Gasteiger partial charge in [0.2, 0.25) is 0 Å². The number of hydrogen-bond acceptors (Lipinski definition) is 6. The normalized spacial score (nSPS) is 12.5. The van der Waals surface area contributed by atoms with Crippen molar-refractivity contribution in [3.63, 3.8) is 0 Å². The number of hydrogen-bond donors (Lipinski definition) is 4. The van der Waals surface area contributed by atoms with Crippen molar-refractivity contribution in [2.45, 2.75) is 22.6 Å². The number of rotatable bonds is 4. The van der Waals surface area contributed by atoms with Gasteiger partial charge in [0.15, 0.2) is 0 Å². The summed E-state index contributed by atoms with van der Waals surface area (Å²) in [6.07, 6.45) is 0. The molecule has 0 fully saturated rings. The minimum absolute atomic E-state index is 0.117. The van der Waals surface area contributed by atoms with Crippen molar-refractivity contribution in [1.82, 2.24) is 0 Å². The molecule has 0 aliphatic rings. The molecule has 0 atom stereocenters. The summed E-state index contributed by atoms with van der Waals surface area (Å²) in [6.45, 7) is 1.53. The van der Waals surface area contributed by atoms with E-state index in [4.69, 9.17) is 11.5 Å². The molecule has 0 aliphatic heterocycles. The lowest BCUT2D eigenvalue weighted by atomic mass is 9.92. The lowest BCUT2D eigenvalue weighted by molar-refractivity contribution is 0.481. The smallest absolute Gasteiger partial charge is 0.294 e. The highest BCUT2D eigenvalue weighted by atomic mass is 32.2. The number of nitrogens with two attached hydrogens (primary N) is 2. The average Bonchev–Trinajstić information content (AvgIpc) is 2.44. The molecular formula is C14H16N2O6S2. The van der Waals surface area contributed by atoms with Crippen molar-refractivity contribution in [3.05, 3.63) is 47.5 Å². The molecule has 0 heterocycles. The second-order valence-electron chi connectivity index (χ2n) is 5.27. The van der Waals surface area contributed by atoms with Crippen LogP contribution in [-0.4, -0.2) is 25.9 Å². The van der Waals surface area contributed by atoms with Crippen LogP contribution in [-0.2, 0) is 20.2 Å². The molecule has 8 nitrogen and oxygen atoms in total. The zero-order valence-corrected chi connectivity index (χ0v) is 14.2. The maximum Gasteiger partial charge on any atom is 0.294 e. The molecule has 0 bridgehead atoms. The van der Waals surface area contributed by atoms with Gasteiger partial charge in [-0.3, -0.25) is 9.11 Å². The van der Waals surface area contributed by atoms with E-state index in [9.17, 15) is 25.9 Å². The standard InChI is InChI=1S/C14H16N2O6S2/c1-8(11-4-2-9(15)6-13(11)23(17,18)19)12-5-3-10(16)7-14(12)24(20,21)22/h2-8H,15-16H2,1H3,(H,17,18,19)(H,20,21,22). The first-order valence-electron chi connectivity index (χ1n) is 6.65. The van der Waals surface area contributed by atoms with E-state index in [0.717, 1.165) is 12.1 Å². The molecule has 0 aromatic heterocycles. The highest BCUT2D eigenvalue weighted by molar-refractivity contribution is 7.86. The van der Waals surface area contributed by atoms with Gasteiger partial charge in [-0.2, -0.15) is 16.8 Å². The Bertz CT molecular complexity index is 918. The molecule has 0 saturated heterocycles. The van der Waals surface area contributed by atoms with Gasteiger partial charge < -0.3 is 11.5 Å². The van der Waals surface area contributed by atoms with E-state index in [2.05, 4.69) is 0 Å². The molecule has 2 aromatic carbocycles. The summed E-state index contributed by atoms with van der Waals surface area (Å²) >= 11 is 0. The van der Waals surface area contributed by atoms with Crippen molar-refractivity contribution in [2.24, 2.45) is 0 Å². The Hall–Kier alpha value is -2.14. The third-order valence-corrected chi connectivity index (χ3v) is 5.38. The first-order chi connectivity index (χ1) is 10.9. The molecule has 0 aliphatic carbocycles. The fraction of sp³-hybridized carbons (Fsp3) is 0.143. The summed E-state index contributed by atoms with van der Waals surface area (Å²) in [4.78, 5) is -0.874. The molecule has 24 heavy (non-hydrogen) atoms. The van der Waals surface area contributed by atoms with Crippen LogP contribution in [0.1, 0.15) is 24.0 Å². The number of anilines is 2. The predicted octanol–water partition coefficient (Wildman–Crippen LogP) is 1.50. The van der Waals surface area contributed by atoms with Gasteiger partial charge in [0.1, 0.15) is 0 Å². The summed E-state index contributed by atoms with van der Waals surface area (Å²) in [5.74, 6) is -0.792. The Kier molecular flexibility index (Phi) is 4.59. The van der Waals surface area contributed by atoms with Crippen LogP contribution in [0, 0.1) is 0 Å². The van der Waals surface area contributed by atoms with Crippen LogP contribution in [0.5, 0.6) is 0 Å². The van der Waals surface area contributed by atoms with Gasteiger partial charge in [-0.15, -0.1) is 0 Å². The van der Waals surface area contributed by atoms with Crippen LogP contribution in [0.2, 0.25) is 0 Å². The van der Waals surface area contributed by atoms with Crippen molar-refractivity contribution in [3.8, 4) is 0 Å². The summed E-state index contributed by atoms with van der Waals surface area (Å²) < 4.78 is 65.1. The maximum absolute atomic E-state index is 11.6. The SMILES string of the molecule is CC(c1ccc(N)cc1S(=O)(=O)O)c1ccc(N)cc1S(=O)(=O)O. The molecule has 0 amide bonds. The summed E-state index contributed by atoms with van der Waals surface area (Å²) in [6, 6.07) is 7.73. The lowest BCUT2D eigenvalue weighted by Gasteiger charge is -2.18. The Morgan fingerprint density at radius 3 is 1.42 bits per heavy atom. The molecule has 130 valence electrons. The minimum atomic E-state index is -4.58. The van der Waals surface area contributed by atoms with E-state index in [1.165, 1.54) is 31.2 Å². The molecule has 2 rings (SSSR count). The van der Waals surface area contributed by atoms with Gasteiger partial charge in [-0.25, -0.2) is 0 Å². The Morgan fingerprint density at radius 2 is 1.12 bits per heavy atom. The predicted molar refractivity (Wildman–Crippen MR) is 88.9 cm³/mol. The monoisotopic (exact) mass is 372 g/mol. The third kappa shape index (κ3) is 3.67. The van der Waals surface area contributed by atoms with Gasteiger partial charge in [0, 0.05) is 17.3 Å². The van der Waals surface area contributed by atoms with Crippen molar-refractivity contribution in [2.75, 3.05) is 11.5 Å². The Morgan fingerprint density at radius 1 is 0.792 bits per heavy atom. The van der Waals surface area contributed by atoms with Crippen LogP contribution >= 0.6 is 0 Å². The van der Waals surface area contributed by atoms with E-state index < -0.39 is 35.9 Å². The summed E-state index contributed by atoms with van der Waals surface area (Å²) in [5.41, 5.74) is 11.6. The first-order valence-corrected chi connectivity index (χ1v) is 9.53. The van der Waals surface area contributed by atoms with E-state index in [-0.39, 0.29) is 22.5 Å². The molecule has 0 saturated carbocycles. The first kappa shape index (κ1) is 18.2. The highest BCUT2D eigenvalue weighted by Gasteiger charge is 2.25. The van der Waals surface area contributed by atoms with Crippen LogP contribution in [0.25, 0.3) is 0 Å². The second-order valence-corrected chi connectivity index (χ2v) is 8.05. The highest BCUT2D eigenvalue weighted by Crippen LogP contribution is 2.34. The van der Waals surface area contributed by atoms with Crippen LogP contribution in [0.4, 0.5) is 11.4 Å². The maximum atomic E-state index is 11.6. The van der Waals surface area contributed by atoms with Gasteiger partial charge in [0.25, 0.3) is 20.2 Å². The molecule has 0 unspecified atom stereocenters. The quantitative estimate of drug-likeness (QED) is 0.463. The van der Waals surface area contributed by atoms with Gasteiger partial charge in [-0.1, -0.05) is 19.1 Å². The molecule has 0 radical (unpaired) electrons. The molecule has 0 spiro atoms. The average molecular weight is 372 g/mol. The third-order valence-electron chi connectivity index (χ3n) is 3.56. The molecular weight excluding hydrogens is 356 g/mol. The van der Waals surface area contributed by atoms with Crippen molar-refractivity contribution in [1.29, 1.82) is 0 Å². The van der Waals surface area contributed by atoms with E-state index in [1.807, 2.05) is 0 Å². The van der Waals surface area contributed by atoms with Gasteiger partial charge in [0.05, 0.1) is 9.79 Å². The van der Waals surface area contributed by atoms with E-state index in [0.29, 0.717) is 0 Å². The second kappa shape index (κ2) is 6.06. The Balaban J connectivity index is 2.74. The van der Waals surface area contributed by atoms with Crippen molar-refractivity contribution >= 4 is 31.6 Å². The summed E-state index contributed by atoms with van der Waals surface area (Å²) in [5, 5.41) is 0. The number of benzene rings is 2.